The van der Waals surface area contributed by atoms with E-state index in [1.807, 2.05) is 23.9 Å². The van der Waals surface area contributed by atoms with Crippen LogP contribution in [0.1, 0.15) is 31.6 Å². The standard InChI is InChI=1S/C12H18N2O3S/c1-3-8-6-14(12(18-2)13-11(8)16)10-5-4-9(7-15)17-10/h6,9-10,15H,3-5,7H2,1-2H3/t9-,10-/m0/s1. The highest BCUT2D eigenvalue weighted by Crippen LogP contribution is 2.30. The third kappa shape index (κ3) is 2.60. The van der Waals surface area contributed by atoms with Gasteiger partial charge in [-0.2, -0.15) is 4.98 Å². The fraction of sp³-hybridized carbons (Fsp3) is 0.667. The molecule has 0 bridgehead atoms. The fourth-order valence-corrected chi connectivity index (χ4v) is 2.68. The van der Waals surface area contributed by atoms with E-state index < -0.39 is 0 Å². The first-order valence-electron chi connectivity index (χ1n) is 6.12. The Bertz CT molecular complexity index is 475. The molecule has 2 rings (SSSR count). The summed E-state index contributed by atoms with van der Waals surface area (Å²) in [5.41, 5.74) is 0.540. The lowest BCUT2D eigenvalue weighted by Crippen LogP contribution is -2.22. The van der Waals surface area contributed by atoms with Crippen LogP contribution in [0.25, 0.3) is 0 Å². The third-order valence-electron chi connectivity index (χ3n) is 3.15. The van der Waals surface area contributed by atoms with Crippen LogP contribution in [0.15, 0.2) is 16.1 Å². The van der Waals surface area contributed by atoms with E-state index in [9.17, 15) is 4.79 Å². The molecular formula is C12H18N2O3S. The Kier molecular flexibility index (Phi) is 4.42. The van der Waals surface area contributed by atoms with Crippen molar-refractivity contribution in [3.63, 3.8) is 0 Å². The van der Waals surface area contributed by atoms with E-state index in [0.717, 1.165) is 12.8 Å². The Morgan fingerprint density at radius 3 is 2.94 bits per heavy atom. The molecular weight excluding hydrogens is 252 g/mol. The van der Waals surface area contributed by atoms with Crippen LogP contribution in [-0.4, -0.2) is 33.6 Å². The molecule has 18 heavy (non-hydrogen) atoms. The number of hydrogen-bond donors (Lipinski definition) is 1. The van der Waals surface area contributed by atoms with Gasteiger partial charge in [-0.15, -0.1) is 0 Å². The smallest absolute Gasteiger partial charge is 0.276 e. The van der Waals surface area contributed by atoms with Gasteiger partial charge >= 0.3 is 0 Å². The van der Waals surface area contributed by atoms with E-state index in [4.69, 9.17) is 9.84 Å². The molecule has 1 aromatic rings. The van der Waals surface area contributed by atoms with E-state index in [-0.39, 0.29) is 24.5 Å². The number of aliphatic hydroxyl groups is 1. The molecule has 1 fully saturated rings. The minimum Gasteiger partial charge on any atom is -0.394 e. The lowest BCUT2D eigenvalue weighted by Gasteiger charge is -2.19. The molecule has 1 aromatic heterocycles. The summed E-state index contributed by atoms with van der Waals surface area (Å²) < 4.78 is 7.65. The van der Waals surface area contributed by atoms with Crippen molar-refractivity contribution in [3.05, 3.63) is 22.1 Å². The van der Waals surface area contributed by atoms with Gasteiger partial charge in [-0.05, 0) is 25.5 Å². The molecule has 5 nitrogen and oxygen atoms in total. The summed E-state index contributed by atoms with van der Waals surface area (Å²) in [5, 5.41) is 9.76. The van der Waals surface area contributed by atoms with Crippen molar-refractivity contribution in [1.82, 2.24) is 9.55 Å². The number of ether oxygens (including phenoxy) is 1. The highest BCUT2D eigenvalue weighted by molar-refractivity contribution is 7.98. The maximum atomic E-state index is 11.7. The van der Waals surface area contributed by atoms with Crippen molar-refractivity contribution in [2.45, 2.75) is 43.7 Å². The highest BCUT2D eigenvalue weighted by atomic mass is 32.2. The molecule has 1 N–H and O–H groups in total. The predicted molar refractivity (Wildman–Crippen MR) is 69.9 cm³/mol. The number of thioether (sulfide) groups is 1. The lowest BCUT2D eigenvalue weighted by molar-refractivity contribution is -0.0274. The molecule has 1 aliphatic rings. The van der Waals surface area contributed by atoms with Crippen LogP contribution in [0.5, 0.6) is 0 Å². The number of hydrogen-bond acceptors (Lipinski definition) is 5. The Labute approximate surface area is 110 Å². The number of aliphatic hydroxyl groups excluding tert-OH is 1. The average molecular weight is 270 g/mol. The molecule has 0 amide bonds. The Balaban J connectivity index is 2.34. The van der Waals surface area contributed by atoms with Crippen molar-refractivity contribution in [3.8, 4) is 0 Å². The first-order chi connectivity index (χ1) is 8.69. The van der Waals surface area contributed by atoms with Gasteiger partial charge in [0.15, 0.2) is 5.16 Å². The fourth-order valence-electron chi connectivity index (χ4n) is 2.12. The topological polar surface area (TPSA) is 64.3 Å². The molecule has 0 spiro atoms. The maximum Gasteiger partial charge on any atom is 0.276 e. The highest BCUT2D eigenvalue weighted by Gasteiger charge is 2.27. The van der Waals surface area contributed by atoms with Crippen LogP contribution in [-0.2, 0) is 11.2 Å². The number of rotatable bonds is 4. The monoisotopic (exact) mass is 270 g/mol. The molecule has 0 radical (unpaired) electrons. The minimum absolute atomic E-state index is 0.0410. The molecule has 0 saturated carbocycles. The number of aryl methyl sites for hydroxylation is 1. The van der Waals surface area contributed by atoms with Crippen LogP contribution >= 0.6 is 11.8 Å². The normalized spacial score (nSPS) is 23.5. The molecule has 2 heterocycles. The average Bonchev–Trinajstić information content (AvgIpc) is 2.87. The van der Waals surface area contributed by atoms with Crippen molar-refractivity contribution in [1.29, 1.82) is 0 Å². The Morgan fingerprint density at radius 1 is 1.61 bits per heavy atom. The Morgan fingerprint density at radius 2 is 2.39 bits per heavy atom. The summed E-state index contributed by atoms with van der Waals surface area (Å²) in [4.78, 5) is 15.8. The SMILES string of the molecule is CCc1cn([C@@H]2CC[C@@H](CO)O2)c(SC)nc1=O. The summed E-state index contributed by atoms with van der Waals surface area (Å²) in [6.45, 7) is 1.98. The van der Waals surface area contributed by atoms with Gasteiger partial charge < -0.3 is 14.4 Å². The molecule has 0 aromatic carbocycles. The summed E-state index contributed by atoms with van der Waals surface area (Å²) in [6, 6.07) is 0. The first kappa shape index (κ1) is 13.6. The van der Waals surface area contributed by atoms with Gasteiger partial charge in [-0.25, -0.2) is 0 Å². The zero-order valence-electron chi connectivity index (χ0n) is 10.6. The van der Waals surface area contributed by atoms with Crippen LogP contribution in [0.4, 0.5) is 0 Å². The third-order valence-corrected chi connectivity index (χ3v) is 3.82. The first-order valence-corrected chi connectivity index (χ1v) is 7.34. The van der Waals surface area contributed by atoms with E-state index in [1.54, 1.807) is 0 Å². The molecule has 0 unspecified atom stereocenters. The lowest BCUT2D eigenvalue weighted by atomic mass is 10.2. The second kappa shape index (κ2) is 5.86. The zero-order valence-corrected chi connectivity index (χ0v) is 11.4. The predicted octanol–water partition coefficient (Wildman–Crippen LogP) is 1.20. The number of nitrogens with zero attached hydrogens (tertiary/aromatic N) is 2. The maximum absolute atomic E-state index is 11.7. The van der Waals surface area contributed by atoms with Crippen LogP contribution in [0.3, 0.4) is 0 Å². The molecule has 0 aliphatic carbocycles. The second-order valence-corrected chi connectivity index (χ2v) is 5.06. The zero-order chi connectivity index (χ0) is 13.1. The van der Waals surface area contributed by atoms with Crippen molar-refractivity contribution in [2.24, 2.45) is 0 Å². The molecule has 1 aliphatic heterocycles. The number of aromatic nitrogens is 2. The Hall–Kier alpha value is -0.850. The van der Waals surface area contributed by atoms with Gasteiger partial charge in [-0.1, -0.05) is 18.7 Å². The van der Waals surface area contributed by atoms with Crippen LogP contribution < -0.4 is 5.56 Å². The largest absolute Gasteiger partial charge is 0.394 e. The summed E-state index contributed by atoms with van der Waals surface area (Å²) >= 11 is 1.43. The van der Waals surface area contributed by atoms with Gasteiger partial charge in [0.05, 0.1) is 12.7 Å². The van der Waals surface area contributed by atoms with Crippen molar-refractivity contribution in [2.75, 3.05) is 12.9 Å². The van der Waals surface area contributed by atoms with E-state index in [2.05, 4.69) is 4.98 Å². The van der Waals surface area contributed by atoms with E-state index >= 15 is 0 Å². The van der Waals surface area contributed by atoms with Gasteiger partial charge in [0.25, 0.3) is 5.56 Å². The summed E-state index contributed by atoms with van der Waals surface area (Å²) in [6.07, 6.45) is 5.84. The molecule has 1 saturated heterocycles. The van der Waals surface area contributed by atoms with Crippen molar-refractivity contribution < 1.29 is 9.84 Å². The van der Waals surface area contributed by atoms with E-state index in [0.29, 0.717) is 17.1 Å². The second-order valence-electron chi connectivity index (χ2n) is 4.29. The minimum atomic E-state index is -0.158. The molecule has 2 atom stereocenters. The van der Waals surface area contributed by atoms with Gasteiger partial charge in [0.1, 0.15) is 6.23 Å². The summed E-state index contributed by atoms with van der Waals surface area (Å²) in [7, 11) is 0. The van der Waals surface area contributed by atoms with Crippen LogP contribution in [0.2, 0.25) is 0 Å². The van der Waals surface area contributed by atoms with Gasteiger partial charge in [0, 0.05) is 11.8 Å². The quantitative estimate of drug-likeness (QED) is 0.658. The summed E-state index contributed by atoms with van der Waals surface area (Å²) in [5.74, 6) is 0. The van der Waals surface area contributed by atoms with E-state index in [1.165, 1.54) is 11.8 Å². The van der Waals surface area contributed by atoms with Gasteiger partial charge in [0.2, 0.25) is 0 Å². The van der Waals surface area contributed by atoms with Crippen molar-refractivity contribution >= 4 is 11.8 Å². The molecule has 100 valence electrons. The molecule has 6 heteroatoms. The van der Waals surface area contributed by atoms with Gasteiger partial charge in [-0.3, -0.25) is 4.79 Å². The van der Waals surface area contributed by atoms with Crippen LogP contribution in [0, 0.1) is 0 Å².